The van der Waals surface area contributed by atoms with Crippen molar-refractivity contribution < 1.29 is 13.9 Å². The summed E-state index contributed by atoms with van der Waals surface area (Å²) >= 11 is 0. The predicted octanol–water partition coefficient (Wildman–Crippen LogP) is 4.75. The molecule has 1 amide bonds. The molecule has 136 valence electrons. The molecule has 0 radical (unpaired) electrons. The molecule has 3 aromatic rings. The molecule has 0 bridgehead atoms. The van der Waals surface area contributed by atoms with Crippen LogP contribution in [0.25, 0.3) is 6.08 Å². The number of hydrogen-bond acceptors (Lipinski definition) is 2. The monoisotopic (exact) mass is 361 g/mol. The minimum absolute atomic E-state index is 0.251. The van der Waals surface area contributed by atoms with Gasteiger partial charge >= 0.3 is 0 Å². The van der Waals surface area contributed by atoms with Crippen molar-refractivity contribution in [1.29, 1.82) is 0 Å². The van der Waals surface area contributed by atoms with Crippen LogP contribution in [-0.2, 0) is 4.79 Å². The molecule has 0 spiro atoms. The fourth-order valence-corrected chi connectivity index (χ4v) is 2.82. The van der Waals surface area contributed by atoms with E-state index in [9.17, 15) is 9.18 Å². The molecule has 0 saturated carbocycles. The molecule has 3 aromatic carbocycles. The maximum absolute atomic E-state index is 13.3. The van der Waals surface area contributed by atoms with E-state index in [2.05, 4.69) is 5.32 Å². The summed E-state index contributed by atoms with van der Waals surface area (Å²) in [5.41, 5.74) is 2.54. The zero-order valence-electron chi connectivity index (χ0n) is 14.9. The van der Waals surface area contributed by atoms with Gasteiger partial charge in [-0.15, -0.1) is 0 Å². The average Bonchev–Trinajstić information content (AvgIpc) is 2.72. The second kappa shape index (κ2) is 8.81. The van der Waals surface area contributed by atoms with Crippen molar-refractivity contribution in [3.63, 3.8) is 0 Å². The first-order valence-electron chi connectivity index (χ1n) is 8.59. The maximum Gasteiger partial charge on any atom is 0.244 e. The van der Waals surface area contributed by atoms with Gasteiger partial charge in [0, 0.05) is 11.6 Å². The highest BCUT2D eigenvalue weighted by atomic mass is 19.1. The largest absolute Gasteiger partial charge is 0.496 e. The zero-order chi connectivity index (χ0) is 19.1. The van der Waals surface area contributed by atoms with Gasteiger partial charge < -0.3 is 10.1 Å². The van der Waals surface area contributed by atoms with Gasteiger partial charge in [-0.25, -0.2) is 4.39 Å². The third-order valence-electron chi connectivity index (χ3n) is 4.18. The Morgan fingerprint density at radius 3 is 2.26 bits per heavy atom. The van der Waals surface area contributed by atoms with Crippen LogP contribution in [0, 0.1) is 5.82 Å². The van der Waals surface area contributed by atoms with Crippen LogP contribution in [0.3, 0.4) is 0 Å². The van der Waals surface area contributed by atoms with Gasteiger partial charge in [-0.1, -0.05) is 60.7 Å². The third kappa shape index (κ3) is 4.82. The second-order valence-corrected chi connectivity index (χ2v) is 5.98. The van der Waals surface area contributed by atoms with Gasteiger partial charge in [0.1, 0.15) is 11.6 Å². The zero-order valence-corrected chi connectivity index (χ0v) is 14.9. The normalized spacial score (nSPS) is 11.9. The SMILES string of the molecule is COc1ccccc1/C=C/C(=O)NC(c1ccccc1)c1ccc(F)cc1. The van der Waals surface area contributed by atoms with Crippen LogP contribution in [-0.4, -0.2) is 13.0 Å². The average molecular weight is 361 g/mol. The van der Waals surface area contributed by atoms with Crippen molar-refractivity contribution in [2.24, 2.45) is 0 Å². The van der Waals surface area contributed by atoms with E-state index in [1.165, 1.54) is 18.2 Å². The molecule has 1 unspecified atom stereocenters. The van der Waals surface area contributed by atoms with Gasteiger partial charge in [-0.2, -0.15) is 0 Å². The van der Waals surface area contributed by atoms with E-state index in [0.717, 1.165) is 16.7 Å². The maximum atomic E-state index is 13.3. The summed E-state index contributed by atoms with van der Waals surface area (Å²) in [5, 5.41) is 2.99. The fourth-order valence-electron chi connectivity index (χ4n) is 2.82. The van der Waals surface area contributed by atoms with Gasteiger partial charge in [0.25, 0.3) is 0 Å². The van der Waals surface area contributed by atoms with Crippen molar-refractivity contribution in [3.8, 4) is 5.75 Å². The number of nitrogens with one attached hydrogen (secondary N) is 1. The highest BCUT2D eigenvalue weighted by Gasteiger charge is 2.15. The van der Waals surface area contributed by atoms with E-state index in [4.69, 9.17) is 4.74 Å². The Morgan fingerprint density at radius 2 is 1.56 bits per heavy atom. The summed E-state index contributed by atoms with van der Waals surface area (Å²) in [6, 6.07) is 22.8. The van der Waals surface area contributed by atoms with Crippen LogP contribution < -0.4 is 10.1 Å². The van der Waals surface area contributed by atoms with Crippen molar-refractivity contribution in [3.05, 3.63) is 107 Å². The fraction of sp³-hybridized carbons (Fsp3) is 0.0870. The van der Waals surface area contributed by atoms with Gasteiger partial charge in [0.15, 0.2) is 0 Å². The first kappa shape index (κ1) is 18.4. The number of benzene rings is 3. The van der Waals surface area contributed by atoms with Gasteiger partial charge in [-0.3, -0.25) is 4.79 Å². The number of carbonyl (C=O) groups excluding carboxylic acids is 1. The quantitative estimate of drug-likeness (QED) is 0.643. The van der Waals surface area contributed by atoms with Crippen LogP contribution in [0.15, 0.2) is 84.9 Å². The van der Waals surface area contributed by atoms with E-state index in [0.29, 0.717) is 5.75 Å². The molecular weight excluding hydrogens is 341 g/mol. The number of rotatable bonds is 6. The van der Waals surface area contributed by atoms with Crippen molar-refractivity contribution in [2.45, 2.75) is 6.04 Å². The van der Waals surface area contributed by atoms with Crippen LogP contribution in [0.2, 0.25) is 0 Å². The number of halogens is 1. The molecule has 1 N–H and O–H groups in total. The van der Waals surface area contributed by atoms with Crippen LogP contribution in [0.4, 0.5) is 4.39 Å². The van der Waals surface area contributed by atoms with Gasteiger partial charge in [-0.05, 0) is 35.4 Å². The number of ether oxygens (including phenoxy) is 1. The van der Waals surface area contributed by atoms with E-state index < -0.39 is 0 Å². The second-order valence-electron chi connectivity index (χ2n) is 5.98. The molecule has 0 heterocycles. The highest BCUT2D eigenvalue weighted by Crippen LogP contribution is 2.23. The molecule has 27 heavy (non-hydrogen) atoms. The molecule has 1 atom stereocenters. The molecule has 3 rings (SSSR count). The lowest BCUT2D eigenvalue weighted by atomic mass is 9.98. The van der Waals surface area contributed by atoms with E-state index in [-0.39, 0.29) is 17.8 Å². The number of hydrogen-bond donors (Lipinski definition) is 1. The summed E-state index contributed by atoms with van der Waals surface area (Å²) in [6.45, 7) is 0. The Bertz CT molecular complexity index is 921. The molecule has 0 fully saturated rings. The Balaban J connectivity index is 1.82. The highest BCUT2D eigenvalue weighted by molar-refractivity contribution is 5.92. The Morgan fingerprint density at radius 1 is 0.926 bits per heavy atom. The molecule has 4 heteroatoms. The number of para-hydroxylation sites is 1. The van der Waals surface area contributed by atoms with Crippen LogP contribution in [0.1, 0.15) is 22.7 Å². The van der Waals surface area contributed by atoms with Gasteiger partial charge in [0.05, 0.1) is 13.2 Å². The predicted molar refractivity (Wildman–Crippen MR) is 105 cm³/mol. The lowest BCUT2D eigenvalue weighted by Gasteiger charge is -2.19. The Labute approximate surface area is 158 Å². The first-order valence-corrected chi connectivity index (χ1v) is 8.59. The number of carbonyl (C=O) groups is 1. The minimum atomic E-state index is -0.374. The van der Waals surface area contributed by atoms with E-state index in [1.54, 1.807) is 25.3 Å². The van der Waals surface area contributed by atoms with E-state index >= 15 is 0 Å². The summed E-state index contributed by atoms with van der Waals surface area (Å²) in [5.74, 6) is 0.131. The topological polar surface area (TPSA) is 38.3 Å². The van der Waals surface area contributed by atoms with Crippen molar-refractivity contribution >= 4 is 12.0 Å². The summed E-state index contributed by atoms with van der Waals surface area (Å²) in [4.78, 5) is 12.5. The standard InChI is InChI=1S/C23H20FNO2/c1-27-21-10-6-5-7-17(21)13-16-22(26)25-23(18-8-3-2-4-9-18)19-11-14-20(24)15-12-19/h2-16,23H,1H3,(H,25,26)/b16-13+. The molecule has 0 aliphatic rings. The molecule has 0 aliphatic heterocycles. The lowest BCUT2D eigenvalue weighted by molar-refractivity contribution is -0.116. The van der Waals surface area contributed by atoms with Gasteiger partial charge in [0.2, 0.25) is 5.91 Å². The third-order valence-corrected chi connectivity index (χ3v) is 4.18. The summed E-state index contributed by atoms with van der Waals surface area (Å²) < 4.78 is 18.6. The Kier molecular flexibility index (Phi) is 6.00. The summed E-state index contributed by atoms with van der Waals surface area (Å²) in [7, 11) is 1.59. The first-order chi connectivity index (χ1) is 13.2. The summed E-state index contributed by atoms with van der Waals surface area (Å²) in [6.07, 6.45) is 3.18. The lowest BCUT2D eigenvalue weighted by Crippen LogP contribution is -2.27. The number of methoxy groups -OCH3 is 1. The van der Waals surface area contributed by atoms with Crippen molar-refractivity contribution in [2.75, 3.05) is 7.11 Å². The molecule has 3 nitrogen and oxygen atoms in total. The Hall–Kier alpha value is -3.40. The van der Waals surface area contributed by atoms with Crippen LogP contribution >= 0.6 is 0 Å². The number of amides is 1. The minimum Gasteiger partial charge on any atom is -0.496 e. The van der Waals surface area contributed by atoms with E-state index in [1.807, 2.05) is 54.6 Å². The van der Waals surface area contributed by atoms with Crippen molar-refractivity contribution in [1.82, 2.24) is 5.32 Å². The molecule has 0 aromatic heterocycles. The molecular formula is C23H20FNO2. The molecule has 0 saturated heterocycles. The van der Waals surface area contributed by atoms with Crippen LogP contribution in [0.5, 0.6) is 5.75 Å². The molecule has 0 aliphatic carbocycles. The smallest absolute Gasteiger partial charge is 0.244 e.